The van der Waals surface area contributed by atoms with Crippen molar-refractivity contribution in [3.05, 3.63) is 35.9 Å². The first-order valence-electron chi connectivity index (χ1n) is 4.16. The van der Waals surface area contributed by atoms with Crippen molar-refractivity contribution in [2.45, 2.75) is 12.0 Å². The third-order valence-electron chi connectivity index (χ3n) is 1.98. The SMILES string of the molecule is C#CC(c1ccccc1)[C@H](N)C(=O)O. The Kier molecular flexibility index (Phi) is 3.27. The monoisotopic (exact) mass is 189 g/mol. The van der Waals surface area contributed by atoms with Crippen molar-refractivity contribution in [3.8, 4) is 12.3 Å². The van der Waals surface area contributed by atoms with E-state index in [0.29, 0.717) is 0 Å². The molecule has 0 heterocycles. The minimum absolute atomic E-state index is 0.575. The number of terminal acetylenes is 1. The summed E-state index contributed by atoms with van der Waals surface area (Å²) in [6, 6.07) is 7.93. The molecule has 3 nitrogen and oxygen atoms in total. The zero-order chi connectivity index (χ0) is 10.6. The molecule has 2 atom stereocenters. The molecule has 3 N–H and O–H groups in total. The van der Waals surface area contributed by atoms with Crippen LogP contribution in [0.3, 0.4) is 0 Å². The summed E-state index contributed by atoms with van der Waals surface area (Å²) in [5.41, 5.74) is 6.22. The lowest BCUT2D eigenvalue weighted by molar-refractivity contribution is -0.138. The van der Waals surface area contributed by atoms with Crippen LogP contribution in [-0.4, -0.2) is 17.1 Å². The number of rotatable bonds is 3. The number of hydrogen-bond donors (Lipinski definition) is 2. The van der Waals surface area contributed by atoms with Gasteiger partial charge in [-0.2, -0.15) is 0 Å². The van der Waals surface area contributed by atoms with E-state index in [2.05, 4.69) is 5.92 Å². The molecular formula is C11H11NO2. The first kappa shape index (κ1) is 10.3. The third-order valence-corrected chi connectivity index (χ3v) is 1.98. The first-order valence-corrected chi connectivity index (χ1v) is 4.16. The van der Waals surface area contributed by atoms with Crippen LogP contribution in [-0.2, 0) is 4.79 Å². The minimum atomic E-state index is -1.09. The van der Waals surface area contributed by atoms with Crippen molar-refractivity contribution in [1.82, 2.24) is 0 Å². The van der Waals surface area contributed by atoms with Crippen LogP contribution in [0, 0.1) is 12.3 Å². The van der Waals surface area contributed by atoms with Gasteiger partial charge in [0.05, 0.1) is 5.92 Å². The van der Waals surface area contributed by atoms with E-state index in [1.165, 1.54) is 0 Å². The molecule has 0 aliphatic heterocycles. The highest BCUT2D eigenvalue weighted by Gasteiger charge is 2.23. The third kappa shape index (κ3) is 2.12. The molecule has 0 aromatic heterocycles. The molecule has 14 heavy (non-hydrogen) atoms. The molecule has 0 saturated carbocycles. The molecule has 0 aliphatic rings. The van der Waals surface area contributed by atoms with Gasteiger partial charge in [0.1, 0.15) is 6.04 Å². The molecule has 0 amide bonds. The molecular weight excluding hydrogens is 178 g/mol. The number of carboxylic acids is 1. The van der Waals surface area contributed by atoms with Gasteiger partial charge < -0.3 is 10.8 Å². The predicted molar refractivity (Wildman–Crippen MR) is 53.6 cm³/mol. The molecule has 1 aromatic carbocycles. The van der Waals surface area contributed by atoms with E-state index >= 15 is 0 Å². The predicted octanol–water partition coefficient (Wildman–Crippen LogP) is 0.815. The van der Waals surface area contributed by atoms with Gasteiger partial charge in [0.15, 0.2) is 0 Å². The Balaban J connectivity index is 2.95. The summed E-state index contributed by atoms with van der Waals surface area (Å²) >= 11 is 0. The number of carbonyl (C=O) groups is 1. The molecule has 1 rings (SSSR count). The Labute approximate surface area is 82.6 Å². The van der Waals surface area contributed by atoms with Crippen molar-refractivity contribution >= 4 is 5.97 Å². The number of aliphatic carboxylic acids is 1. The summed E-state index contributed by atoms with van der Waals surface area (Å²) in [5, 5.41) is 8.72. The molecule has 0 aliphatic carbocycles. The number of carboxylic acid groups (broad SMARTS) is 1. The largest absolute Gasteiger partial charge is 0.480 e. The molecule has 0 fully saturated rings. The van der Waals surface area contributed by atoms with E-state index in [-0.39, 0.29) is 0 Å². The van der Waals surface area contributed by atoms with E-state index in [0.717, 1.165) is 5.56 Å². The van der Waals surface area contributed by atoms with Crippen molar-refractivity contribution in [2.24, 2.45) is 5.73 Å². The van der Waals surface area contributed by atoms with Gasteiger partial charge in [-0.1, -0.05) is 36.3 Å². The molecule has 0 saturated heterocycles. The number of benzene rings is 1. The fourth-order valence-corrected chi connectivity index (χ4v) is 1.21. The van der Waals surface area contributed by atoms with Gasteiger partial charge in [-0.25, -0.2) is 0 Å². The average molecular weight is 189 g/mol. The summed E-state index contributed by atoms with van der Waals surface area (Å²) in [6.45, 7) is 0. The molecule has 3 heteroatoms. The highest BCUT2D eigenvalue weighted by molar-refractivity contribution is 5.75. The lowest BCUT2D eigenvalue weighted by atomic mass is 9.93. The van der Waals surface area contributed by atoms with Crippen LogP contribution in [0.1, 0.15) is 11.5 Å². The molecule has 0 spiro atoms. The Morgan fingerprint density at radius 2 is 2.00 bits per heavy atom. The van der Waals surface area contributed by atoms with E-state index in [1.807, 2.05) is 6.07 Å². The lowest BCUT2D eigenvalue weighted by Crippen LogP contribution is -2.35. The van der Waals surface area contributed by atoms with Crippen LogP contribution in [0.25, 0.3) is 0 Å². The van der Waals surface area contributed by atoms with Crippen molar-refractivity contribution in [3.63, 3.8) is 0 Å². The summed E-state index contributed by atoms with van der Waals surface area (Å²) in [7, 11) is 0. The minimum Gasteiger partial charge on any atom is -0.480 e. The fraction of sp³-hybridized carbons (Fsp3) is 0.182. The lowest BCUT2D eigenvalue weighted by Gasteiger charge is -2.14. The molecule has 1 aromatic rings. The van der Waals surface area contributed by atoms with Crippen LogP contribution < -0.4 is 5.73 Å². The average Bonchev–Trinajstić information content (AvgIpc) is 2.20. The fourth-order valence-electron chi connectivity index (χ4n) is 1.21. The van der Waals surface area contributed by atoms with Crippen molar-refractivity contribution in [2.75, 3.05) is 0 Å². The highest BCUT2D eigenvalue weighted by Crippen LogP contribution is 2.17. The van der Waals surface area contributed by atoms with Crippen LogP contribution in [0.2, 0.25) is 0 Å². The standard InChI is InChI=1S/C11H11NO2/c1-2-9(10(12)11(13)14)8-6-4-3-5-7-8/h1,3-7,9-10H,12H2,(H,13,14)/t9?,10-/m0/s1. The Hall–Kier alpha value is -1.79. The zero-order valence-corrected chi connectivity index (χ0v) is 7.55. The van der Waals surface area contributed by atoms with Gasteiger partial charge in [0.2, 0.25) is 0 Å². The Bertz CT molecular complexity index is 353. The van der Waals surface area contributed by atoms with Crippen LogP contribution >= 0.6 is 0 Å². The van der Waals surface area contributed by atoms with Crippen LogP contribution in [0.4, 0.5) is 0 Å². The van der Waals surface area contributed by atoms with E-state index in [9.17, 15) is 4.79 Å². The van der Waals surface area contributed by atoms with E-state index < -0.39 is 17.9 Å². The number of hydrogen-bond acceptors (Lipinski definition) is 2. The van der Waals surface area contributed by atoms with Gasteiger partial charge in [0.25, 0.3) is 0 Å². The van der Waals surface area contributed by atoms with Gasteiger partial charge >= 0.3 is 5.97 Å². The van der Waals surface area contributed by atoms with Crippen molar-refractivity contribution in [1.29, 1.82) is 0 Å². The maximum absolute atomic E-state index is 10.7. The van der Waals surface area contributed by atoms with E-state index in [4.69, 9.17) is 17.3 Å². The van der Waals surface area contributed by atoms with Crippen LogP contribution in [0.5, 0.6) is 0 Å². The van der Waals surface area contributed by atoms with Crippen molar-refractivity contribution < 1.29 is 9.90 Å². The second kappa shape index (κ2) is 4.45. The Morgan fingerprint density at radius 3 is 2.43 bits per heavy atom. The van der Waals surface area contributed by atoms with Gasteiger partial charge in [-0.15, -0.1) is 6.42 Å². The van der Waals surface area contributed by atoms with Gasteiger partial charge in [0, 0.05) is 0 Å². The summed E-state index contributed by atoms with van der Waals surface area (Å²) in [4.78, 5) is 10.7. The van der Waals surface area contributed by atoms with E-state index in [1.54, 1.807) is 24.3 Å². The topological polar surface area (TPSA) is 63.3 Å². The van der Waals surface area contributed by atoms with Crippen LogP contribution in [0.15, 0.2) is 30.3 Å². The Morgan fingerprint density at radius 1 is 1.43 bits per heavy atom. The molecule has 1 unspecified atom stereocenters. The first-order chi connectivity index (χ1) is 6.66. The summed E-state index contributed by atoms with van der Waals surface area (Å²) < 4.78 is 0. The van der Waals surface area contributed by atoms with Gasteiger partial charge in [-0.3, -0.25) is 4.79 Å². The molecule has 0 radical (unpaired) electrons. The second-order valence-corrected chi connectivity index (χ2v) is 2.92. The summed E-state index contributed by atoms with van der Waals surface area (Å²) in [5.74, 6) is 0.732. The molecule has 72 valence electrons. The second-order valence-electron chi connectivity index (χ2n) is 2.92. The quantitative estimate of drug-likeness (QED) is 0.692. The maximum Gasteiger partial charge on any atom is 0.322 e. The normalized spacial score (nSPS) is 14.0. The van der Waals surface area contributed by atoms with Gasteiger partial charge in [-0.05, 0) is 5.56 Å². The zero-order valence-electron chi connectivity index (χ0n) is 7.55. The maximum atomic E-state index is 10.7. The molecule has 0 bridgehead atoms. The highest BCUT2D eigenvalue weighted by atomic mass is 16.4. The smallest absolute Gasteiger partial charge is 0.322 e. The summed E-state index contributed by atoms with van der Waals surface area (Å²) in [6.07, 6.45) is 5.25. The number of nitrogens with two attached hydrogens (primary N) is 1.